The standard InChI is InChI=1S/C16H20ClNO2/c17-13-4-2-12(3-5-13)16(6-1-7-16)14(20)18-10-15(11-19)8-9-15/h2-5,19H,1,6-11H2,(H,18,20). The molecule has 0 aromatic heterocycles. The van der Waals surface area contributed by atoms with Gasteiger partial charge in [0.2, 0.25) is 5.91 Å². The van der Waals surface area contributed by atoms with Gasteiger partial charge in [-0.25, -0.2) is 0 Å². The molecule has 1 aromatic rings. The molecule has 0 aliphatic heterocycles. The van der Waals surface area contributed by atoms with Crippen molar-refractivity contribution in [3.05, 3.63) is 34.9 Å². The fourth-order valence-electron chi connectivity index (χ4n) is 2.95. The van der Waals surface area contributed by atoms with Crippen LogP contribution in [0, 0.1) is 5.41 Å². The van der Waals surface area contributed by atoms with Crippen LogP contribution in [0.1, 0.15) is 37.7 Å². The molecule has 2 N–H and O–H groups in total. The van der Waals surface area contributed by atoms with E-state index in [4.69, 9.17) is 11.6 Å². The van der Waals surface area contributed by atoms with Crippen LogP contribution < -0.4 is 5.32 Å². The summed E-state index contributed by atoms with van der Waals surface area (Å²) in [5, 5.41) is 13.1. The third-order valence-electron chi connectivity index (χ3n) is 4.96. The third kappa shape index (κ3) is 2.33. The summed E-state index contributed by atoms with van der Waals surface area (Å²) >= 11 is 5.92. The van der Waals surface area contributed by atoms with Crippen LogP contribution in [0.5, 0.6) is 0 Å². The largest absolute Gasteiger partial charge is 0.396 e. The summed E-state index contributed by atoms with van der Waals surface area (Å²) in [6, 6.07) is 7.61. The van der Waals surface area contributed by atoms with Crippen molar-refractivity contribution in [2.75, 3.05) is 13.2 Å². The second-order valence-corrected chi connectivity index (χ2v) is 6.72. The van der Waals surface area contributed by atoms with E-state index in [1.807, 2.05) is 24.3 Å². The summed E-state index contributed by atoms with van der Waals surface area (Å²) in [6.07, 6.45) is 4.90. The Balaban J connectivity index is 1.71. The van der Waals surface area contributed by atoms with Gasteiger partial charge in [-0.15, -0.1) is 0 Å². The van der Waals surface area contributed by atoms with Gasteiger partial charge in [0, 0.05) is 17.0 Å². The molecule has 0 atom stereocenters. The summed E-state index contributed by atoms with van der Waals surface area (Å²) in [5.74, 6) is 0.103. The summed E-state index contributed by atoms with van der Waals surface area (Å²) < 4.78 is 0. The Morgan fingerprint density at radius 2 is 1.85 bits per heavy atom. The molecular formula is C16H20ClNO2. The SMILES string of the molecule is O=C(NCC1(CO)CC1)C1(c2ccc(Cl)cc2)CCC1. The molecule has 0 bridgehead atoms. The maximum atomic E-state index is 12.6. The van der Waals surface area contributed by atoms with Crippen molar-refractivity contribution in [3.8, 4) is 0 Å². The molecule has 0 radical (unpaired) electrons. The molecule has 4 heteroatoms. The highest BCUT2D eigenvalue weighted by atomic mass is 35.5. The van der Waals surface area contributed by atoms with Gasteiger partial charge in [0.05, 0.1) is 12.0 Å². The third-order valence-corrected chi connectivity index (χ3v) is 5.21. The first-order valence-electron chi connectivity index (χ1n) is 7.26. The van der Waals surface area contributed by atoms with Gasteiger partial charge in [-0.2, -0.15) is 0 Å². The van der Waals surface area contributed by atoms with E-state index in [1.165, 1.54) is 0 Å². The number of halogens is 1. The Kier molecular flexibility index (Phi) is 3.51. The molecule has 2 fully saturated rings. The zero-order valence-corrected chi connectivity index (χ0v) is 12.2. The Morgan fingerprint density at radius 1 is 1.20 bits per heavy atom. The number of amides is 1. The smallest absolute Gasteiger partial charge is 0.230 e. The van der Waals surface area contributed by atoms with E-state index in [9.17, 15) is 9.90 Å². The quantitative estimate of drug-likeness (QED) is 0.877. The molecule has 3 rings (SSSR count). The van der Waals surface area contributed by atoms with Crippen molar-refractivity contribution in [2.45, 2.75) is 37.5 Å². The van der Waals surface area contributed by atoms with E-state index in [0.29, 0.717) is 11.6 Å². The average Bonchev–Trinajstić information content (AvgIpc) is 3.18. The lowest BCUT2D eigenvalue weighted by Gasteiger charge is -2.41. The van der Waals surface area contributed by atoms with Crippen LogP contribution in [0.3, 0.4) is 0 Å². The summed E-state index contributed by atoms with van der Waals surface area (Å²) in [6.45, 7) is 0.763. The number of carbonyl (C=O) groups is 1. The Morgan fingerprint density at radius 3 is 2.30 bits per heavy atom. The van der Waals surface area contributed by atoms with Crippen LogP contribution in [-0.2, 0) is 10.2 Å². The minimum Gasteiger partial charge on any atom is -0.396 e. The van der Waals surface area contributed by atoms with Crippen LogP contribution in [0.15, 0.2) is 24.3 Å². The van der Waals surface area contributed by atoms with Gasteiger partial charge in [-0.3, -0.25) is 4.79 Å². The van der Waals surface area contributed by atoms with Crippen LogP contribution in [0.2, 0.25) is 5.02 Å². The number of nitrogens with one attached hydrogen (secondary N) is 1. The zero-order valence-electron chi connectivity index (χ0n) is 11.5. The van der Waals surface area contributed by atoms with Gasteiger partial charge < -0.3 is 10.4 Å². The number of rotatable bonds is 5. The van der Waals surface area contributed by atoms with E-state index in [2.05, 4.69) is 5.32 Å². The minimum atomic E-state index is -0.379. The molecule has 0 spiro atoms. The summed E-state index contributed by atoms with van der Waals surface area (Å²) in [7, 11) is 0. The molecule has 3 nitrogen and oxygen atoms in total. The summed E-state index contributed by atoms with van der Waals surface area (Å²) in [5.41, 5.74) is 0.635. The highest BCUT2D eigenvalue weighted by Gasteiger charge is 2.48. The Bertz CT molecular complexity index is 504. The topological polar surface area (TPSA) is 49.3 Å². The van der Waals surface area contributed by atoms with Gasteiger partial charge >= 0.3 is 0 Å². The second kappa shape index (κ2) is 5.05. The monoisotopic (exact) mass is 293 g/mol. The van der Waals surface area contributed by atoms with E-state index >= 15 is 0 Å². The van der Waals surface area contributed by atoms with E-state index < -0.39 is 0 Å². The fraction of sp³-hybridized carbons (Fsp3) is 0.562. The van der Waals surface area contributed by atoms with Crippen molar-refractivity contribution in [1.29, 1.82) is 0 Å². The lowest BCUT2D eigenvalue weighted by atomic mass is 9.64. The Labute approximate surface area is 124 Å². The van der Waals surface area contributed by atoms with Crippen LogP contribution >= 0.6 is 11.6 Å². The number of aliphatic hydroxyl groups is 1. The molecule has 2 aliphatic carbocycles. The van der Waals surface area contributed by atoms with Gasteiger partial charge in [0.1, 0.15) is 0 Å². The summed E-state index contributed by atoms with van der Waals surface area (Å²) in [4.78, 5) is 12.6. The van der Waals surface area contributed by atoms with Crippen LogP contribution in [0.4, 0.5) is 0 Å². The highest BCUT2D eigenvalue weighted by molar-refractivity contribution is 6.30. The fourth-order valence-corrected chi connectivity index (χ4v) is 3.08. The minimum absolute atomic E-state index is 0.0411. The number of carbonyl (C=O) groups excluding carboxylic acids is 1. The van der Waals surface area contributed by atoms with Crippen molar-refractivity contribution < 1.29 is 9.90 Å². The Hall–Kier alpha value is -1.06. The lowest BCUT2D eigenvalue weighted by Crippen LogP contribution is -2.50. The predicted molar refractivity (Wildman–Crippen MR) is 78.7 cm³/mol. The maximum Gasteiger partial charge on any atom is 0.230 e. The molecule has 2 saturated carbocycles. The van der Waals surface area contributed by atoms with Crippen LogP contribution in [0.25, 0.3) is 0 Å². The first-order valence-corrected chi connectivity index (χ1v) is 7.63. The van der Waals surface area contributed by atoms with Crippen molar-refractivity contribution in [1.82, 2.24) is 5.32 Å². The zero-order chi connectivity index (χ0) is 14.2. The molecule has 20 heavy (non-hydrogen) atoms. The molecule has 0 unspecified atom stereocenters. The molecule has 2 aliphatic rings. The molecule has 1 aromatic carbocycles. The number of aliphatic hydroxyl groups excluding tert-OH is 1. The van der Waals surface area contributed by atoms with Gasteiger partial charge in [0.25, 0.3) is 0 Å². The highest BCUT2D eigenvalue weighted by Crippen LogP contribution is 2.46. The normalized spacial score (nSPS) is 21.9. The second-order valence-electron chi connectivity index (χ2n) is 6.28. The van der Waals surface area contributed by atoms with Gasteiger partial charge in [-0.05, 0) is 43.4 Å². The molecule has 1 amide bonds. The molecule has 0 saturated heterocycles. The number of hydrogen-bond acceptors (Lipinski definition) is 2. The first kappa shape index (κ1) is 13.9. The molecular weight excluding hydrogens is 274 g/mol. The molecule has 0 heterocycles. The average molecular weight is 294 g/mol. The van der Waals surface area contributed by atoms with E-state index in [1.54, 1.807) is 0 Å². The van der Waals surface area contributed by atoms with Gasteiger partial charge in [-0.1, -0.05) is 30.2 Å². The van der Waals surface area contributed by atoms with Crippen molar-refractivity contribution in [2.24, 2.45) is 5.41 Å². The van der Waals surface area contributed by atoms with Gasteiger partial charge in [0.15, 0.2) is 0 Å². The number of hydrogen-bond donors (Lipinski definition) is 2. The van der Waals surface area contributed by atoms with Crippen molar-refractivity contribution in [3.63, 3.8) is 0 Å². The van der Waals surface area contributed by atoms with Crippen molar-refractivity contribution >= 4 is 17.5 Å². The van der Waals surface area contributed by atoms with E-state index in [0.717, 1.165) is 37.7 Å². The number of benzene rings is 1. The maximum absolute atomic E-state index is 12.6. The predicted octanol–water partition coefficient (Wildman–Crippen LogP) is 2.65. The van der Waals surface area contributed by atoms with E-state index in [-0.39, 0.29) is 23.3 Å². The lowest BCUT2D eigenvalue weighted by molar-refractivity contribution is -0.130. The first-order chi connectivity index (χ1) is 9.60. The molecule has 108 valence electrons. The van der Waals surface area contributed by atoms with Crippen LogP contribution in [-0.4, -0.2) is 24.2 Å².